The summed E-state index contributed by atoms with van der Waals surface area (Å²) in [6.07, 6.45) is 1.88. The summed E-state index contributed by atoms with van der Waals surface area (Å²) in [7, 11) is 0. The van der Waals surface area contributed by atoms with Gasteiger partial charge >= 0.3 is 0 Å². The summed E-state index contributed by atoms with van der Waals surface area (Å²) in [5, 5.41) is 3.47. The van der Waals surface area contributed by atoms with Crippen molar-refractivity contribution in [1.82, 2.24) is 10.3 Å². The molecule has 5 nitrogen and oxygen atoms in total. The molecule has 0 aliphatic heterocycles. The number of benzene rings is 2. The van der Waals surface area contributed by atoms with Crippen LogP contribution in [0.4, 0.5) is 0 Å². The number of nitrogens with zero attached hydrogens (tertiary/aromatic N) is 1. The first-order valence-corrected chi connectivity index (χ1v) is 8.53. The SMILES string of the molecule is NC(=O)[C@H](Cc1ccccc1Br)NC(=O)c1ccnc2ccccc12. The van der Waals surface area contributed by atoms with Gasteiger partial charge in [0.15, 0.2) is 0 Å². The van der Waals surface area contributed by atoms with E-state index in [9.17, 15) is 9.59 Å². The van der Waals surface area contributed by atoms with Crippen molar-refractivity contribution >= 4 is 38.6 Å². The molecule has 0 aliphatic carbocycles. The highest BCUT2D eigenvalue weighted by atomic mass is 79.9. The van der Waals surface area contributed by atoms with E-state index in [0.717, 1.165) is 20.9 Å². The van der Waals surface area contributed by atoms with Gasteiger partial charge in [-0.25, -0.2) is 0 Å². The van der Waals surface area contributed by atoms with Crippen molar-refractivity contribution in [3.05, 3.63) is 76.4 Å². The summed E-state index contributed by atoms with van der Waals surface area (Å²) in [6, 6.07) is 15.7. The number of nitrogens with two attached hydrogens (primary N) is 1. The predicted molar refractivity (Wildman–Crippen MR) is 100 cm³/mol. The van der Waals surface area contributed by atoms with E-state index >= 15 is 0 Å². The summed E-state index contributed by atoms with van der Waals surface area (Å²) in [4.78, 5) is 28.8. The van der Waals surface area contributed by atoms with Crippen molar-refractivity contribution in [3.8, 4) is 0 Å². The summed E-state index contributed by atoms with van der Waals surface area (Å²) < 4.78 is 0.866. The van der Waals surface area contributed by atoms with Crippen LogP contribution in [0.15, 0.2) is 65.3 Å². The third-order valence-corrected chi connectivity index (χ3v) is 4.70. The van der Waals surface area contributed by atoms with Gasteiger partial charge < -0.3 is 11.1 Å². The van der Waals surface area contributed by atoms with Crippen LogP contribution >= 0.6 is 15.9 Å². The van der Waals surface area contributed by atoms with Crippen LogP contribution in [-0.4, -0.2) is 22.8 Å². The molecule has 0 aliphatic rings. The van der Waals surface area contributed by atoms with Crippen molar-refractivity contribution in [2.45, 2.75) is 12.5 Å². The maximum absolute atomic E-state index is 12.7. The van der Waals surface area contributed by atoms with Gasteiger partial charge in [0.1, 0.15) is 6.04 Å². The minimum Gasteiger partial charge on any atom is -0.368 e. The number of amides is 2. The molecule has 0 spiro atoms. The molecule has 0 fully saturated rings. The van der Waals surface area contributed by atoms with Gasteiger partial charge in [-0.15, -0.1) is 0 Å². The Labute approximate surface area is 153 Å². The third-order valence-electron chi connectivity index (χ3n) is 3.92. The zero-order chi connectivity index (χ0) is 17.8. The number of hydrogen-bond donors (Lipinski definition) is 2. The molecular formula is C19H16BrN3O2. The lowest BCUT2D eigenvalue weighted by Crippen LogP contribution is -2.46. The Morgan fingerprint density at radius 1 is 1.08 bits per heavy atom. The lowest BCUT2D eigenvalue weighted by molar-refractivity contribution is -0.119. The standard InChI is InChI=1S/C19H16BrN3O2/c20-15-7-3-1-5-12(15)11-17(18(21)24)23-19(25)14-9-10-22-16-8-4-2-6-13(14)16/h1-10,17H,11H2,(H2,21,24)(H,23,25)/t17-/m0/s1. The van der Waals surface area contributed by atoms with Gasteiger partial charge in [0.05, 0.1) is 11.1 Å². The van der Waals surface area contributed by atoms with Crippen LogP contribution in [-0.2, 0) is 11.2 Å². The molecule has 3 N–H and O–H groups in total. The normalized spacial score (nSPS) is 11.9. The summed E-state index contributed by atoms with van der Waals surface area (Å²) in [5.74, 6) is -0.933. The minimum atomic E-state index is -0.807. The highest BCUT2D eigenvalue weighted by molar-refractivity contribution is 9.10. The molecule has 2 amide bonds. The van der Waals surface area contributed by atoms with Crippen LogP contribution < -0.4 is 11.1 Å². The Bertz CT molecular complexity index is 937. The number of pyridine rings is 1. The topological polar surface area (TPSA) is 85.1 Å². The van der Waals surface area contributed by atoms with Crippen molar-refractivity contribution in [2.24, 2.45) is 5.73 Å². The van der Waals surface area contributed by atoms with Crippen LogP contribution in [0.1, 0.15) is 15.9 Å². The Kier molecular flexibility index (Phi) is 5.09. The number of carbonyl (C=O) groups is 2. The number of hydrogen-bond acceptors (Lipinski definition) is 3. The zero-order valence-corrected chi connectivity index (χ0v) is 14.9. The average molecular weight is 398 g/mol. The molecule has 0 saturated heterocycles. The second-order valence-corrected chi connectivity index (χ2v) is 6.45. The summed E-state index contributed by atoms with van der Waals surface area (Å²) in [6.45, 7) is 0. The fraction of sp³-hybridized carbons (Fsp3) is 0.105. The van der Waals surface area contributed by atoms with Gasteiger partial charge in [0.25, 0.3) is 5.91 Å². The van der Waals surface area contributed by atoms with E-state index in [1.165, 1.54) is 0 Å². The van der Waals surface area contributed by atoms with E-state index in [0.29, 0.717) is 12.0 Å². The second-order valence-electron chi connectivity index (χ2n) is 5.60. The number of para-hydroxylation sites is 1. The van der Waals surface area contributed by atoms with Gasteiger partial charge in [-0.2, -0.15) is 0 Å². The molecule has 0 unspecified atom stereocenters. The average Bonchev–Trinajstić information content (AvgIpc) is 2.62. The minimum absolute atomic E-state index is 0.311. The maximum atomic E-state index is 12.7. The molecule has 1 heterocycles. The van der Waals surface area contributed by atoms with E-state index < -0.39 is 11.9 Å². The van der Waals surface area contributed by atoms with Crippen LogP contribution in [0.3, 0.4) is 0 Å². The predicted octanol–water partition coefficient (Wildman–Crippen LogP) is 2.82. The molecule has 6 heteroatoms. The van der Waals surface area contributed by atoms with Crippen molar-refractivity contribution in [3.63, 3.8) is 0 Å². The molecule has 2 aromatic carbocycles. The fourth-order valence-corrected chi connectivity index (χ4v) is 3.08. The van der Waals surface area contributed by atoms with Gasteiger partial charge in [-0.1, -0.05) is 52.3 Å². The Morgan fingerprint density at radius 3 is 2.56 bits per heavy atom. The first-order valence-electron chi connectivity index (χ1n) is 7.73. The molecular weight excluding hydrogens is 382 g/mol. The fourth-order valence-electron chi connectivity index (χ4n) is 2.64. The van der Waals surface area contributed by atoms with E-state index in [1.54, 1.807) is 12.3 Å². The van der Waals surface area contributed by atoms with Crippen LogP contribution in [0.2, 0.25) is 0 Å². The van der Waals surface area contributed by atoms with E-state index in [4.69, 9.17) is 5.73 Å². The Balaban J connectivity index is 1.86. The largest absolute Gasteiger partial charge is 0.368 e. The van der Waals surface area contributed by atoms with Crippen LogP contribution in [0, 0.1) is 0 Å². The Morgan fingerprint density at radius 2 is 1.80 bits per heavy atom. The molecule has 0 saturated carbocycles. The first kappa shape index (κ1) is 17.1. The monoisotopic (exact) mass is 397 g/mol. The van der Waals surface area contributed by atoms with Crippen molar-refractivity contribution in [2.75, 3.05) is 0 Å². The smallest absolute Gasteiger partial charge is 0.252 e. The summed E-state index contributed by atoms with van der Waals surface area (Å²) in [5.41, 5.74) is 7.57. The molecule has 0 radical (unpaired) electrons. The lowest BCUT2D eigenvalue weighted by Gasteiger charge is -2.17. The number of primary amides is 1. The highest BCUT2D eigenvalue weighted by Gasteiger charge is 2.21. The van der Waals surface area contributed by atoms with Crippen LogP contribution in [0.25, 0.3) is 10.9 Å². The molecule has 0 bridgehead atoms. The van der Waals surface area contributed by atoms with Crippen LogP contribution in [0.5, 0.6) is 0 Å². The molecule has 1 atom stereocenters. The number of fused-ring (bicyclic) bond motifs is 1. The van der Waals surface area contributed by atoms with Gasteiger partial charge in [-0.05, 0) is 23.8 Å². The molecule has 25 heavy (non-hydrogen) atoms. The maximum Gasteiger partial charge on any atom is 0.252 e. The Hall–Kier alpha value is -2.73. The number of nitrogens with one attached hydrogen (secondary N) is 1. The number of halogens is 1. The second kappa shape index (κ2) is 7.44. The lowest BCUT2D eigenvalue weighted by atomic mass is 10.0. The quantitative estimate of drug-likeness (QED) is 0.693. The van der Waals surface area contributed by atoms with Gasteiger partial charge in [-0.3, -0.25) is 14.6 Å². The molecule has 3 aromatic rings. The van der Waals surface area contributed by atoms with Crippen molar-refractivity contribution in [1.29, 1.82) is 0 Å². The van der Waals surface area contributed by atoms with Crippen molar-refractivity contribution < 1.29 is 9.59 Å². The summed E-state index contributed by atoms with van der Waals surface area (Å²) >= 11 is 3.44. The number of aromatic nitrogens is 1. The highest BCUT2D eigenvalue weighted by Crippen LogP contribution is 2.19. The first-order chi connectivity index (χ1) is 12.1. The van der Waals surface area contributed by atoms with Gasteiger partial charge in [0.2, 0.25) is 5.91 Å². The third kappa shape index (κ3) is 3.85. The van der Waals surface area contributed by atoms with Gasteiger partial charge in [0, 0.05) is 22.5 Å². The molecule has 1 aromatic heterocycles. The molecule has 126 valence electrons. The van der Waals surface area contributed by atoms with E-state index in [1.807, 2.05) is 48.5 Å². The van der Waals surface area contributed by atoms with E-state index in [-0.39, 0.29) is 5.91 Å². The molecule has 3 rings (SSSR count). The number of carbonyl (C=O) groups excluding carboxylic acids is 2. The number of rotatable bonds is 5. The zero-order valence-electron chi connectivity index (χ0n) is 13.3. The van der Waals surface area contributed by atoms with E-state index in [2.05, 4.69) is 26.2 Å².